The van der Waals surface area contributed by atoms with Crippen LogP contribution in [0, 0.1) is 18.8 Å². The largest absolute Gasteiger partial charge is 0.495 e. The van der Waals surface area contributed by atoms with Gasteiger partial charge in [-0.25, -0.2) is 0 Å². The van der Waals surface area contributed by atoms with Gasteiger partial charge in [-0.05, 0) is 31.5 Å². The average Bonchev–Trinajstić information content (AvgIpc) is 3.25. The molecule has 1 aliphatic carbocycles. The van der Waals surface area contributed by atoms with Crippen LogP contribution in [0.2, 0.25) is 5.02 Å². The minimum absolute atomic E-state index is 0.215. The van der Waals surface area contributed by atoms with Gasteiger partial charge in [0.15, 0.2) is 5.82 Å². The van der Waals surface area contributed by atoms with Gasteiger partial charge in [-0.2, -0.15) is 0 Å². The van der Waals surface area contributed by atoms with Crippen molar-refractivity contribution in [2.75, 3.05) is 17.7 Å². The Morgan fingerprint density at radius 1 is 1.25 bits per heavy atom. The number of carbonyl (C=O) groups excluding carboxylic acids is 2. The zero-order valence-electron chi connectivity index (χ0n) is 13.1. The normalized spacial score (nSPS) is 18.8. The molecule has 0 saturated heterocycles. The minimum Gasteiger partial charge on any atom is -0.495 e. The van der Waals surface area contributed by atoms with Gasteiger partial charge in [-0.3, -0.25) is 9.59 Å². The van der Waals surface area contributed by atoms with Crippen molar-refractivity contribution in [2.45, 2.75) is 13.3 Å². The summed E-state index contributed by atoms with van der Waals surface area (Å²) in [4.78, 5) is 24.3. The monoisotopic (exact) mass is 349 g/mol. The molecule has 0 bridgehead atoms. The molecule has 0 radical (unpaired) electrons. The van der Waals surface area contributed by atoms with Gasteiger partial charge in [0.25, 0.3) is 0 Å². The number of carbonyl (C=O) groups is 2. The molecule has 1 aliphatic rings. The molecule has 2 aromatic rings. The van der Waals surface area contributed by atoms with Gasteiger partial charge in [0, 0.05) is 11.8 Å². The van der Waals surface area contributed by atoms with E-state index in [0.29, 0.717) is 34.5 Å². The molecule has 1 heterocycles. The molecule has 1 fully saturated rings. The second-order valence-electron chi connectivity index (χ2n) is 5.60. The number of rotatable bonds is 5. The van der Waals surface area contributed by atoms with Crippen molar-refractivity contribution in [3.8, 4) is 5.75 Å². The van der Waals surface area contributed by atoms with Crippen LogP contribution in [0.1, 0.15) is 12.2 Å². The summed E-state index contributed by atoms with van der Waals surface area (Å²) < 4.78 is 9.94. The number of hydrogen-bond donors (Lipinski definition) is 2. The topological polar surface area (TPSA) is 93.5 Å². The van der Waals surface area contributed by atoms with Gasteiger partial charge in [-0.1, -0.05) is 16.8 Å². The lowest BCUT2D eigenvalue weighted by molar-refractivity contribution is -0.122. The Kier molecular flexibility index (Phi) is 4.44. The number of hydrogen-bond acceptors (Lipinski definition) is 5. The molecule has 3 rings (SSSR count). The Hall–Kier alpha value is -2.54. The first-order valence-electron chi connectivity index (χ1n) is 7.36. The van der Waals surface area contributed by atoms with Crippen LogP contribution in [-0.4, -0.2) is 24.1 Å². The summed E-state index contributed by atoms with van der Waals surface area (Å²) in [6.45, 7) is 1.73. The van der Waals surface area contributed by atoms with E-state index in [1.807, 2.05) is 0 Å². The molecular weight excluding hydrogens is 334 g/mol. The minimum atomic E-state index is -0.365. The standard InChI is InChI=1S/C16H16ClN3O4/c1-8-5-14(20-24-8)19-16(22)11-7-10(11)15(21)18-9-3-4-13(23-2)12(17)6-9/h3-6,10-11H,7H2,1-2H3,(H,18,21)(H,19,20,22). The van der Waals surface area contributed by atoms with Crippen LogP contribution in [0.15, 0.2) is 28.8 Å². The molecular formula is C16H16ClN3O4. The molecule has 1 aromatic carbocycles. The first-order valence-corrected chi connectivity index (χ1v) is 7.74. The third kappa shape index (κ3) is 3.51. The SMILES string of the molecule is COc1ccc(NC(=O)C2CC2C(=O)Nc2cc(C)on2)cc1Cl. The first kappa shape index (κ1) is 16.3. The number of nitrogens with zero attached hydrogens (tertiary/aromatic N) is 1. The van der Waals surface area contributed by atoms with Crippen LogP contribution in [0.4, 0.5) is 11.5 Å². The Labute approximate surface area is 143 Å². The number of anilines is 2. The number of benzene rings is 1. The van der Waals surface area contributed by atoms with Crippen molar-refractivity contribution in [1.82, 2.24) is 5.16 Å². The summed E-state index contributed by atoms with van der Waals surface area (Å²) in [7, 11) is 1.52. The summed E-state index contributed by atoms with van der Waals surface area (Å²) in [5.74, 6) is 0.303. The van der Waals surface area contributed by atoms with Crippen molar-refractivity contribution >= 4 is 34.9 Å². The van der Waals surface area contributed by atoms with E-state index >= 15 is 0 Å². The van der Waals surface area contributed by atoms with Crippen LogP contribution >= 0.6 is 11.6 Å². The van der Waals surface area contributed by atoms with Gasteiger partial charge in [0.1, 0.15) is 11.5 Å². The van der Waals surface area contributed by atoms with Gasteiger partial charge in [0.05, 0.1) is 24.0 Å². The molecule has 2 atom stereocenters. The lowest BCUT2D eigenvalue weighted by Gasteiger charge is -2.08. The van der Waals surface area contributed by atoms with E-state index in [2.05, 4.69) is 15.8 Å². The van der Waals surface area contributed by atoms with Crippen molar-refractivity contribution < 1.29 is 18.8 Å². The van der Waals surface area contributed by atoms with Crippen molar-refractivity contribution in [3.05, 3.63) is 35.0 Å². The zero-order valence-corrected chi connectivity index (χ0v) is 13.9. The molecule has 126 valence electrons. The van der Waals surface area contributed by atoms with Crippen LogP contribution in [0.5, 0.6) is 5.75 Å². The molecule has 2 unspecified atom stereocenters. The third-order valence-electron chi connectivity index (χ3n) is 3.76. The van der Waals surface area contributed by atoms with Crippen LogP contribution in [-0.2, 0) is 9.59 Å². The van der Waals surface area contributed by atoms with Crippen molar-refractivity contribution in [3.63, 3.8) is 0 Å². The maximum absolute atomic E-state index is 12.2. The number of methoxy groups -OCH3 is 1. The van der Waals surface area contributed by atoms with Crippen molar-refractivity contribution in [1.29, 1.82) is 0 Å². The number of ether oxygens (including phenoxy) is 1. The van der Waals surface area contributed by atoms with Gasteiger partial charge < -0.3 is 19.9 Å². The Morgan fingerprint density at radius 2 is 1.96 bits per heavy atom. The van der Waals surface area contributed by atoms with E-state index < -0.39 is 0 Å². The van der Waals surface area contributed by atoms with Crippen LogP contribution in [0.25, 0.3) is 0 Å². The average molecular weight is 350 g/mol. The molecule has 2 N–H and O–H groups in total. The lowest BCUT2D eigenvalue weighted by Crippen LogP contribution is -2.20. The van der Waals surface area contributed by atoms with E-state index in [1.54, 1.807) is 31.2 Å². The maximum atomic E-state index is 12.2. The van der Waals surface area contributed by atoms with Crippen LogP contribution < -0.4 is 15.4 Å². The summed E-state index contributed by atoms with van der Waals surface area (Å²) >= 11 is 6.02. The van der Waals surface area contributed by atoms with E-state index in [-0.39, 0.29) is 23.7 Å². The maximum Gasteiger partial charge on any atom is 0.229 e. The van der Waals surface area contributed by atoms with Gasteiger partial charge in [-0.15, -0.1) is 0 Å². The van der Waals surface area contributed by atoms with E-state index in [4.69, 9.17) is 20.9 Å². The highest BCUT2D eigenvalue weighted by atomic mass is 35.5. The molecule has 8 heteroatoms. The fourth-order valence-corrected chi connectivity index (χ4v) is 2.66. The van der Waals surface area contributed by atoms with Gasteiger partial charge >= 0.3 is 0 Å². The third-order valence-corrected chi connectivity index (χ3v) is 4.06. The predicted molar refractivity (Wildman–Crippen MR) is 88.1 cm³/mol. The van der Waals surface area contributed by atoms with E-state index in [0.717, 1.165) is 0 Å². The number of aromatic nitrogens is 1. The molecule has 24 heavy (non-hydrogen) atoms. The summed E-state index contributed by atoms with van der Waals surface area (Å²) in [5, 5.41) is 9.49. The Balaban J connectivity index is 1.55. The highest BCUT2D eigenvalue weighted by Crippen LogP contribution is 2.40. The fraction of sp³-hybridized carbons (Fsp3) is 0.312. The molecule has 1 saturated carbocycles. The lowest BCUT2D eigenvalue weighted by atomic mass is 10.2. The number of nitrogens with one attached hydrogen (secondary N) is 2. The van der Waals surface area contributed by atoms with Gasteiger partial charge in [0.2, 0.25) is 11.8 Å². The number of amides is 2. The molecule has 1 aromatic heterocycles. The predicted octanol–water partition coefficient (Wildman–Crippen LogP) is 2.86. The molecule has 2 amide bonds. The van der Waals surface area contributed by atoms with Crippen molar-refractivity contribution in [2.24, 2.45) is 11.8 Å². The fourth-order valence-electron chi connectivity index (χ4n) is 2.40. The highest BCUT2D eigenvalue weighted by molar-refractivity contribution is 6.32. The smallest absolute Gasteiger partial charge is 0.229 e. The first-order chi connectivity index (χ1) is 11.5. The summed E-state index contributed by atoms with van der Waals surface area (Å²) in [6, 6.07) is 6.59. The Bertz CT molecular complexity index is 789. The molecule has 0 spiro atoms. The van der Waals surface area contributed by atoms with E-state index in [9.17, 15) is 9.59 Å². The zero-order chi connectivity index (χ0) is 17.3. The Morgan fingerprint density at radius 3 is 2.54 bits per heavy atom. The second-order valence-corrected chi connectivity index (χ2v) is 6.01. The van der Waals surface area contributed by atoms with Crippen LogP contribution in [0.3, 0.4) is 0 Å². The summed E-state index contributed by atoms with van der Waals surface area (Å²) in [6.07, 6.45) is 0.498. The number of halogens is 1. The quantitative estimate of drug-likeness (QED) is 0.865. The second kappa shape index (κ2) is 6.52. The molecule has 0 aliphatic heterocycles. The number of aryl methyl sites for hydroxylation is 1. The summed E-state index contributed by atoms with van der Waals surface area (Å²) in [5.41, 5.74) is 0.559. The highest BCUT2D eigenvalue weighted by Gasteiger charge is 2.48. The molecule has 7 nitrogen and oxygen atoms in total. The van der Waals surface area contributed by atoms with E-state index in [1.165, 1.54) is 7.11 Å².